The Morgan fingerprint density at radius 1 is 1.22 bits per heavy atom. The van der Waals surface area contributed by atoms with Crippen molar-refractivity contribution in [2.45, 2.75) is 43.4 Å². The van der Waals surface area contributed by atoms with Crippen LogP contribution in [0.3, 0.4) is 0 Å². The van der Waals surface area contributed by atoms with E-state index in [1.54, 1.807) is 0 Å². The number of nitrogens with zero attached hydrogens (tertiary/aromatic N) is 3. The molecule has 0 radical (unpaired) electrons. The smallest absolute Gasteiger partial charge is 0.254 e. The molecule has 1 atom stereocenters. The van der Waals surface area contributed by atoms with Crippen LogP contribution in [0.5, 0.6) is 0 Å². The van der Waals surface area contributed by atoms with Gasteiger partial charge >= 0.3 is 0 Å². The summed E-state index contributed by atoms with van der Waals surface area (Å²) in [6, 6.07) is 10.7. The molecule has 168 valence electrons. The molecule has 1 amide bonds. The van der Waals surface area contributed by atoms with Crippen LogP contribution in [0.1, 0.15) is 39.9 Å². The lowest BCUT2D eigenvalue weighted by atomic mass is 9.87. The van der Waals surface area contributed by atoms with Crippen LogP contribution >= 0.6 is 0 Å². The second kappa shape index (κ2) is 7.83. The van der Waals surface area contributed by atoms with Crippen molar-refractivity contribution in [1.29, 1.82) is 0 Å². The number of aliphatic hydroxyl groups excluding tert-OH is 1. The quantitative estimate of drug-likeness (QED) is 0.722. The summed E-state index contributed by atoms with van der Waals surface area (Å²) in [6.45, 7) is 4.80. The summed E-state index contributed by atoms with van der Waals surface area (Å²) in [5, 5.41) is 14.2. The van der Waals surface area contributed by atoms with Crippen LogP contribution in [0, 0.1) is 0 Å². The summed E-state index contributed by atoms with van der Waals surface area (Å²) in [6.07, 6.45) is 4.49. The molecular weight excluding hydrogens is 404 g/mol. The number of hydrogen-bond donors (Lipinski definition) is 2. The van der Waals surface area contributed by atoms with Gasteiger partial charge in [0.25, 0.3) is 5.91 Å². The standard InChI is InChI=1S/C25H30N4O3/c30-20(12-28-8-5-17-3-1-2-4-18(17)11-28)13-29-16-25(6-7-25)22-10-26-23(9-21(22)24(29)31)27-19-14-32-15-19/h1-4,9-10,19-20,30H,5-8,11-16H2,(H,26,27)/t20-/m1/s1. The van der Waals surface area contributed by atoms with Gasteiger partial charge in [-0.1, -0.05) is 24.3 Å². The molecule has 1 spiro atoms. The number of nitrogens with one attached hydrogen (secondary N) is 1. The number of benzene rings is 1. The Labute approximate surface area is 188 Å². The van der Waals surface area contributed by atoms with Gasteiger partial charge in [-0.15, -0.1) is 0 Å². The largest absolute Gasteiger partial charge is 0.390 e. The van der Waals surface area contributed by atoms with Crippen LogP contribution in [0.2, 0.25) is 0 Å². The van der Waals surface area contributed by atoms with Gasteiger partial charge in [-0.25, -0.2) is 4.98 Å². The van der Waals surface area contributed by atoms with E-state index in [1.807, 2.05) is 17.2 Å². The minimum atomic E-state index is -0.562. The molecule has 4 aliphatic rings. The van der Waals surface area contributed by atoms with E-state index in [0.717, 1.165) is 49.3 Å². The van der Waals surface area contributed by atoms with Crippen LogP contribution in [0.4, 0.5) is 5.82 Å². The number of amides is 1. The average Bonchev–Trinajstić information content (AvgIpc) is 3.54. The number of carbonyl (C=O) groups excluding carboxylic acids is 1. The average molecular weight is 435 g/mol. The van der Waals surface area contributed by atoms with Gasteiger partial charge in [0, 0.05) is 49.9 Å². The molecule has 1 saturated heterocycles. The highest BCUT2D eigenvalue weighted by molar-refractivity contribution is 5.98. The zero-order chi connectivity index (χ0) is 21.7. The number of aliphatic hydroxyl groups is 1. The van der Waals surface area contributed by atoms with E-state index < -0.39 is 6.10 Å². The van der Waals surface area contributed by atoms with Gasteiger partial charge in [0.05, 0.1) is 25.4 Å². The lowest BCUT2D eigenvalue weighted by Crippen LogP contribution is -2.49. The predicted octanol–water partition coefficient (Wildman–Crippen LogP) is 1.80. The molecule has 2 aromatic rings. The summed E-state index contributed by atoms with van der Waals surface area (Å²) >= 11 is 0. The maximum absolute atomic E-state index is 13.4. The monoisotopic (exact) mass is 434 g/mol. The van der Waals surface area contributed by atoms with Gasteiger partial charge in [-0.2, -0.15) is 0 Å². The number of ether oxygens (including phenoxy) is 1. The Morgan fingerprint density at radius 2 is 2.03 bits per heavy atom. The van der Waals surface area contributed by atoms with Gasteiger partial charge in [-0.05, 0) is 42.0 Å². The molecular formula is C25H30N4O3. The van der Waals surface area contributed by atoms with E-state index in [0.29, 0.717) is 32.8 Å². The normalized spacial score (nSPS) is 22.8. The Kier molecular flexibility index (Phi) is 4.93. The molecule has 1 aliphatic carbocycles. The van der Waals surface area contributed by atoms with Gasteiger partial charge in [0.2, 0.25) is 0 Å². The maximum Gasteiger partial charge on any atom is 0.254 e. The lowest BCUT2D eigenvalue weighted by Gasteiger charge is -2.37. The summed E-state index contributed by atoms with van der Waals surface area (Å²) in [4.78, 5) is 22.1. The number of fused-ring (bicyclic) bond motifs is 3. The zero-order valence-corrected chi connectivity index (χ0v) is 18.3. The van der Waals surface area contributed by atoms with Crippen LogP contribution < -0.4 is 5.32 Å². The van der Waals surface area contributed by atoms with E-state index in [9.17, 15) is 9.90 Å². The molecule has 4 heterocycles. The van der Waals surface area contributed by atoms with Crippen LogP contribution in [0.15, 0.2) is 36.5 Å². The first-order chi connectivity index (χ1) is 15.6. The minimum Gasteiger partial charge on any atom is -0.390 e. The molecule has 3 aliphatic heterocycles. The molecule has 0 unspecified atom stereocenters. The van der Waals surface area contributed by atoms with Gasteiger partial charge in [0.15, 0.2) is 0 Å². The SMILES string of the molecule is O=C1c2cc(NC3COC3)ncc2C2(CC2)CN1C[C@H](O)CN1CCc2ccccc2C1. The molecule has 6 rings (SSSR count). The molecule has 7 heteroatoms. The number of rotatable bonds is 6. The summed E-state index contributed by atoms with van der Waals surface area (Å²) in [5.41, 5.74) is 4.60. The number of β-amino-alcohol motifs (C(OH)–C–C–N with tert-alkyl or cyclic N) is 1. The minimum absolute atomic E-state index is 0.0101. The summed E-state index contributed by atoms with van der Waals surface area (Å²) < 4.78 is 5.23. The zero-order valence-electron chi connectivity index (χ0n) is 18.3. The van der Waals surface area contributed by atoms with Crippen molar-refractivity contribution >= 4 is 11.7 Å². The van der Waals surface area contributed by atoms with Crippen molar-refractivity contribution in [1.82, 2.24) is 14.8 Å². The van der Waals surface area contributed by atoms with Gasteiger partial charge < -0.3 is 20.1 Å². The fourth-order valence-electron chi connectivity index (χ4n) is 5.40. The highest BCUT2D eigenvalue weighted by Gasteiger charge is 2.52. The molecule has 2 fully saturated rings. The molecule has 1 aromatic heterocycles. The number of carbonyl (C=O) groups is 1. The maximum atomic E-state index is 13.4. The first kappa shape index (κ1) is 20.1. The Bertz CT molecular complexity index is 1030. The van der Waals surface area contributed by atoms with Crippen LogP contribution in [-0.2, 0) is 23.1 Å². The molecule has 1 aromatic carbocycles. The van der Waals surface area contributed by atoms with E-state index in [4.69, 9.17) is 4.74 Å². The Hall–Kier alpha value is -2.48. The third-order valence-electron chi connectivity index (χ3n) is 7.44. The Morgan fingerprint density at radius 3 is 2.78 bits per heavy atom. The molecule has 2 N–H and O–H groups in total. The fourth-order valence-corrected chi connectivity index (χ4v) is 5.40. The van der Waals surface area contributed by atoms with E-state index in [-0.39, 0.29) is 17.4 Å². The van der Waals surface area contributed by atoms with Crippen molar-refractivity contribution in [2.24, 2.45) is 0 Å². The predicted molar refractivity (Wildman–Crippen MR) is 121 cm³/mol. The molecule has 0 bridgehead atoms. The van der Waals surface area contributed by atoms with Crippen molar-refractivity contribution in [3.8, 4) is 0 Å². The Balaban J connectivity index is 1.14. The second-order valence-electron chi connectivity index (χ2n) is 9.87. The molecule has 1 saturated carbocycles. The van der Waals surface area contributed by atoms with Gasteiger partial charge in [0.1, 0.15) is 5.82 Å². The number of anilines is 1. The lowest BCUT2D eigenvalue weighted by molar-refractivity contribution is 0.0209. The highest BCUT2D eigenvalue weighted by atomic mass is 16.5. The van der Waals surface area contributed by atoms with E-state index in [2.05, 4.69) is 39.5 Å². The third kappa shape index (κ3) is 3.68. The number of aromatic nitrogens is 1. The number of hydrogen-bond acceptors (Lipinski definition) is 6. The van der Waals surface area contributed by atoms with Crippen molar-refractivity contribution in [3.63, 3.8) is 0 Å². The molecule has 32 heavy (non-hydrogen) atoms. The summed E-state index contributed by atoms with van der Waals surface area (Å²) in [7, 11) is 0. The summed E-state index contributed by atoms with van der Waals surface area (Å²) in [5.74, 6) is 0.742. The topological polar surface area (TPSA) is 77.9 Å². The fraction of sp³-hybridized carbons (Fsp3) is 0.520. The van der Waals surface area contributed by atoms with E-state index in [1.165, 1.54) is 11.1 Å². The number of pyridine rings is 1. The third-order valence-corrected chi connectivity index (χ3v) is 7.44. The van der Waals surface area contributed by atoms with E-state index >= 15 is 0 Å². The van der Waals surface area contributed by atoms with Crippen molar-refractivity contribution in [3.05, 3.63) is 58.8 Å². The van der Waals surface area contributed by atoms with Crippen molar-refractivity contribution < 1.29 is 14.6 Å². The van der Waals surface area contributed by atoms with Gasteiger partial charge in [-0.3, -0.25) is 9.69 Å². The second-order valence-corrected chi connectivity index (χ2v) is 9.87. The van der Waals surface area contributed by atoms with Crippen LogP contribution in [0.25, 0.3) is 0 Å². The van der Waals surface area contributed by atoms with Crippen LogP contribution in [-0.4, -0.2) is 77.3 Å². The molecule has 7 nitrogen and oxygen atoms in total. The first-order valence-electron chi connectivity index (χ1n) is 11.7. The highest BCUT2D eigenvalue weighted by Crippen LogP contribution is 2.52. The van der Waals surface area contributed by atoms with Crippen molar-refractivity contribution in [2.75, 3.05) is 44.7 Å². The first-order valence-corrected chi connectivity index (χ1v) is 11.7.